The van der Waals surface area contributed by atoms with Gasteiger partial charge in [-0.2, -0.15) is 4.31 Å². The smallest absolute Gasteiger partial charge is 0.243 e. The van der Waals surface area contributed by atoms with Crippen molar-refractivity contribution in [1.82, 2.24) is 4.31 Å². The molecule has 5 nitrogen and oxygen atoms in total. The third-order valence-electron chi connectivity index (χ3n) is 3.30. The van der Waals surface area contributed by atoms with Crippen LogP contribution in [0.3, 0.4) is 0 Å². The molecule has 0 amide bonds. The molecule has 112 valence electrons. The molecule has 1 aliphatic heterocycles. The van der Waals surface area contributed by atoms with E-state index < -0.39 is 10.0 Å². The number of carbonyl (C=O) groups is 1. The van der Waals surface area contributed by atoms with Crippen molar-refractivity contribution in [2.75, 3.05) is 13.1 Å². The first kappa shape index (κ1) is 17.1. The normalized spacial score (nSPS) is 20.2. The Hall–Kier alpha value is -0.950. The lowest BCUT2D eigenvalue weighted by Gasteiger charge is -2.29. The van der Waals surface area contributed by atoms with E-state index in [2.05, 4.69) is 0 Å². The minimum absolute atomic E-state index is 0. The van der Waals surface area contributed by atoms with Gasteiger partial charge in [0, 0.05) is 24.7 Å². The summed E-state index contributed by atoms with van der Waals surface area (Å²) in [6.07, 6.45) is 1.62. The number of hydrogen-bond acceptors (Lipinski definition) is 4. The van der Waals surface area contributed by atoms with E-state index in [9.17, 15) is 13.2 Å². The van der Waals surface area contributed by atoms with Gasteiger partial charge < -0.3 is 5.73 Å². The fraction of sp³-hybridized carbons (Fsp3) is 0.462. The maximum atomic E-state index is 12.5. The molecule has 0 radical (unpaired) electrons. The maximum absolute atomic E-state index is 12.5. The van der Waals surface area contributed by atoms with Crippen LogP contribution in [-0.4, -0.2) is 37.6 Å². The molecule has 20 heavy (non-hydrogen) atoms. The third-order valence-corrected chi connectivity index (χ3v) is 5.16. The Morgan fingerprint density at radius 3 is 2.70 bits per heavy atom. The number of halogens is 1. The van der Waals surface area contributed by atoms with Crippen molar-refractivity contribution in [2.24, 2.45) is 5.73 Å². The highest BCUT2D eigenvalue weighted by molar-refractivity contribution is 7.89. The first-order valence-corrected chi connectivity index (χ1v) is 7.72. The monoisotopic (exact) mass is 318 g/mol. The Kier molecular flexibility index (Phi) is 5.70. The fourth-order valence-corrected chi connectivity index (χ4v) is 3.80. The van der Waals surface area contributed by atoms with Gasteiger partial charge in [0.2, 0.25) is 10.0 Å². The number of piperidine rings is 1. The molecule has 1 saturated heterocycles. The lowest BCUT2D eigenvalue weighted by atomic mass is 10.1. The van der Waals surface area contributed by atoms with Crippen molar-refractivity contribution in [3.8, 4) is 0 Å². The molecule has 0 bridgehead atoms. The van der Waals surface area contributed by atoms with Crippen LogP contribution in [-0.2, 0) is 10.0 Å². The van der Waals surface area contributed by atoms with Crippen molar-refractivity contribution in [3.05, 3.63) is 29.8 Å². The number of Topliss-reactive ketones (excluding diaryl/α,β-unsaturated/α-hetero) is 1. The Labute approximate surface area is 125 Å². The number of hydrogen-bond donors (Lipinski definition) is 1. The van der Waals surface area contributed by atoms with Crippen molar-refractivity contribution in [3.63, 3.8) is 0 Å². The van der Waals surface area contributed by atoms with Gasteiger partial charge in [0.25, 0.3) is 0 Å². The number of nitrogens with two attached hydrogens (primary N) is 1. The second-order valence-electron chi connectivity index (χ2n) is 4.85. The SMILES string of the molecule is CC(=O)c1cccc(S(=O)(=O)N2CCCC(N)C2)c1.Cl. The first-order chi connectivity index (χ1) is 8.91. The molecular formula is C13H19ClN2O3S. The van der Waals surface area contributed by atoms with Crippen molar-refractivity contribution in [1.29, 1.82) is 0 Å². The molecule has 1 fully saturated rings. The molecule has 1 aliphatic rings. The van der Waals surface area contributed by atoms with Crippen LogP contribution < -0.4 is 5.73 Å². The van der Waals surface area contributed by atoms with Crippen LogP contribution in [0, 0.1) is 0 Å². The number of rotatable bonds is 3. The molecule has 0 saturated carbocycles. The summed E-state index contributed by atoms with van der Waals surface area (Å²) in [4.78, 5) is 11.5. The van der Waals surface area contributed by atoms with E-state index in [1.807, 2.05) is 0 Å². The van der Waals surface area contributed by atoms with E-state index >= 15 is 0 Å². The zero-order valence-electron chi connectivity index (χ0n) is 11.3. The minimum Gasteiger partial charge on any atom is -0.327 e. The average molecular weight is 319 g/mol. The minimum atomic E-state index is -3.55. The summed E-state index contributed by atoms with van der Waals surface area (Å²) in [5.74, 6) is -0.146. The van der Waals surface area contributed by atoms with E-state index in [4.69, 9.17) is 5.73 Å². The molecule has 1 heterocycles. The van der Waals surface area contributed by atoms with E-state index in [-0.39, 0.29) is 29.1 Å². The largest absolute Gasteiger partial charge is 0.327 e. The zero-order valence-corrected chi connectivity index (χ0v) is 12.9. The van der Waals surface area contributed by atoms with Crippen LogP contribution in [0.5, 0.6) is 0 Å². The van der Waals surface area contributed by atoms with Crippen LogP contribution in [0.1, 0.15) is 30.1 Å². The fourth-order valence-electron chi connectivity index (χ4n) is 2.22. The predicted octanol–water partition coefficient (Wildman–Crippen LogP) is 1.42. The lowest BCUT2D eigenvalue weighted by molar-refractivity contribution is 0.101. The molecule has 1 aromatic carbocycles. The molecule has 1 atom stereocenters. The van der Waals surface area contributed by atoms with Gasteiger partial charge in [-0.3, -0.25) is 4.79 Å². The summed E-state index contributed by atoms with van der Waals surface area (Å²) in [5, 5.41) is 0. The first-order valence-electron chi connectivity index (χ1n) is 6.28. The quantitative estimate of drug-likeness (QED) is 0.855. The van der Waals surface area contributed by atoms with E-state index in [0.717, 1.165) is 12.8 Å². The van der Waals surface area contributed by atoms with Gasteiger partial charge >= 0.3 is 0 Å². The maximum Gasteiger partial charge on any atom is 0.243 e. The standard InChI is InChI=1S/C13H18N2O3S.ClH/c1-10(16)11-4-2-6-13(8-11)19(17,18)15-7-3-5-12(14)9-15;/h2,4,6,8,12H,3,5,7,9,14H2,1H3;1H. The number of nitrogens with zero attached hydrogens (tertiary/aromatic N) is 1. The molecule has 2 rings (SSSR count). The summed E-state index contributed by atoms with van der Waals surface area (Å²) in [6.45, 7) is 2.25. The highest BCUT2D eigenvalue weighted by Crippen LogP contribution is 2.21. The van der Waals surface area contributed by atoms with E-state index in [1.54, 1.807) is 12.1 Å². The molecule has 2 N–H and O–H groups in total. The summed E-state index contributed by atoms with van der Waals surface area (Å²) in [7, 11) is -3.55. The topological polar surface area (TPSA) is 80.5 Å². The van der Waals surface area contributed by atoms with Gasteiger partial charge in [0.15, 0.2) is 5.78 Å². The number of ketones is 1. The van der Waals surface area contributed by atoms with Crippen molar-refractivity contribution < 1.29 is 13.2 Å². The van der Waals surface area contributed by atoms with Crippen LogP contribution in [0.4, 0.5) is 0 Å². The molecule has 0 spiro atoms. The van der Waals surface area contributed by atoms with Crippen LogP contribution in [0.15, 0.2) is 29.2 Å². The molecule has 0 aromatic heterocycles. The average Bonchev–Trinajstić information content (AvgIpc) is 2.39. The Morgan fingerprint density at radius 1 is 1.40 bits per heavy atom. The summed E-state index contributed by atoms with van der Waals surface area (Å²) < 4.78 is 26.3. The van der Waals surface area contributed by atoms with Crippen LogP contribution in [0.2, 0.25) is 0 Å². The Balaban J connectivity index is 0.00000200. The summed E-state index contributed by atoms with van der Waals surface area (Å²) in [5.41, 5.74) is 6.22. The van der Waals surface area contributed by atoms with Gasteiger partial charge in [-0.25, -0.2) is 8.42 Å². The Morgan fingerprint density at radius 2 is 2.10 bits per heavy atom. The molecule has 0 aliphatic carbocycles. The number of sulfonamides is 1. The third kappa shape index (κ3) is 3.58. The van der Waals surface area contributed by atoms with Gasteiger partial charge in [0.05, 0.1) is 4.90 Å². The Bertz CT molecular complexity index is 589. The molecular weight excluding hydrogens is 300 g/mol. The highest BCUT2D eigenvalue weighted by Gasteiger charge is 2.29. The van der Waals surface area contributed by atoms with Gasteiger partial charge in [-0.05, 0) is 31.9 Å². The van der Waals surface area contributed by atoms with E-state index in [1.165, 1.54) is 23.4 Å². The molecule has 1 aromatic rings. The predicted molar refractivity (Wildman–Crippen MR) is 79.7 cm³/mol. The number of carbonyl (C=O) groups excluding carboxylic acids is 1. The van der Waals surface area contributed by atoms with E-state index in [0.29, 0.717) is 18.7 Å². The van der Waals surface area contributed by atoms with Crippen molar-refractivity contribution >= 4 is 28.2 Å². The van der Waals surface area contributed by atoms with Gasteiger partial charge in [-0.1, -0.05) is 12.1 Å². The second-order valence-corrected chi connectivity index (χ2v) is 6.79. The summed E-state index contributed by atoms with van der Waals surface area (Å²) >= 11 is 0. The molecule has 1 unspecified atom stereocenters. The van der Waals surface area contributed by atoms with Gasteiger partial charge in [-0.15, -0.1) is 12.4 Å². The second kappa shape index (κ2) is 6.67. The van der Waals surface area contributed by atoms with Crippen LogP contribution in [0.25, 0.3) is 0 Å². The van der Waals surface area contributed by atoms with Crippen LogP contribution >= 0.6 is 12.4 Å². The van der Waals surface area contributed by atoms with Crippen molar-refractivity contribution in [2.45, 2.75) is 30.7 Å². The number of benzene rings is 1. The molecule has 7 heteroatoms. The highest BCUT2D eigenvalue weighted by atomic mass is 35.5. The van der Waals surface area contributed by atoms with Gasteiger partial charge in [0.1, 0.15) is 0 Å². The summed E-state index contributed by atoms with van der Waals surface area (Å²) in [6, 6.07) is 6.04. The zero-order chi connectivity index (χ0) is 14.0. The lowest BCUT2D eigenvalue weighted by Crippen LogP contribution is -2.45.